The number of nitrogens with one attached hydrogen (secondary N) is 2. The van der Waals surface area contributed by atoms with Gasteiger partial charge in [-0.15, -0.1) is 0 Å². The molecular formula is C10H18N4O3. The van der Waals surface area contributed by atoms with Crippen molar-refractivity contribution in [2.75, 3.05) is 32.7 Å². The zero-order chi connectivity index (χ0) is 12.7. The van der Waals surface area contributed by atoms with E-state index in [1.54, 1.807) is 7.11 Å². The highest BCUT2D eigenvalue weighted by molar-refractivity contribution is 5.47. The number of hydrogen-bond acceptors (Lipinski definition) is 6. The van der Waals surface area contributed by atoms with Crippen LogP contribution in [0.25, 0.3) is 0 Å². The quantitative estimate of drug-likeness (QED) is 0.598. The van der Waals surface area contributed by atoms with Gasteiger partial charge in [0.15, 0.2) is 5.82 Å². The summed E-state index contributed by atoms with van der Waals surface area (Å²) in [6.45, 7) is 1.10. The second-order valence-corrected chi connectivity index (χ2v) is 3.54. The topological polar surface area (TPSA) is 102 Å². The van der Waals surface area contributed by atoms with E-state index in [0.717, 1.165) is 0 Å². The van der Waals surface area contributed by atoms with Gasteiger partial charge in [0, 0.05) is 19.7 Å². The largest absolute Gasteiger partial charge is 0.489 e. The Morgan fingerprint density at radius 3 is 3.00 bits per heavy atom. The molecule has 0 bridgehead atoms. The minimum absolute atomic E-state index is 0.0412. The molecule has 0 fully saturated rings. The molecule has 0 radical (unpaired) electrons. The fraction of sp³-hybridized carbons (Fsp3) is 0.600. The van der Waals surface area contributed by atoms with Gasteiger partial charge in [-0.05, 0) is 6.42 Å². The Morgan fingerprint density at radius 1 is 1.59 bits per heavy atom. The van der Waals surface area contributed by atoms with Gasteiger partial charge in [-0.2, -0.15) is 0 Å². The normalized spacial score (nSPS) is 12.2. The molecule has 7 heteroatoms. The zero-order valence-electron chi connectivity index (χ0n) is 10.0. The molecule has 7 nitrogen and oxygen atoms in total. The summed E-state index contributed by atoms with van der Waals surface area (Å²) in [5, 5.41) is 3.00. The van der Waals surface area contributed by atoms with Gasteiger partial charge in [0.2, 0.25) is 5.75 Å². The Hall–Kier alpha value is -1.60. The third-order valence-electron chi connectivity index (χ3n) is 2.20. The summed E-state index contributed by atoms with van der Waals surface area (Å²) in [4.78, 5) is 17.8. The molecule has 1 aromatic rings. The summed E-state index contributed by atoms with van der Waals surface area (Å²) < 4.78 is 9.88. The van der Waals surface area contributed by atoms with Crippen molar-refractivity contribution in [2.24, 2.45) is 5.73 Å². The predicted molar refractivity (Wildman–Crippen MR) is 64.4 cm³/mol. The SMILES string of the molecule is COCC(N)CCNc1nc[nH]c(=O)c1OC. The van der Waals surface area contributed by atoms with Gasteiger partial charge >= 0.3 is 0 Å². The van der Waals surface area contributed by atoms with Crippen LogP contribution < -0.4 is 21.3 Å². The van der Waals surface area contributed by atoms with E-state index in [4.69, 9.17) is 15.2 Å². The van der Waals surface area contributed by atoms with Gasteiger partial charge in [0.25, 0.3) is 5.56 Å². The maximum absolute atomic E-state index is 11.4. The van der Waals surface area contributed by atoms with Crippen molar-refractivity contribution in [2.45, 2.75) is 12.5 Å². The standard InChI is InChI=1S/C10H18N4O3/c1-16-5-7(11)3-4-12-9-8(17-2)10(15)14-6-13-9/h6-7H,3-5,11H2,1-2H3,(H2,12,13,14,15). The Bertz CT molecular complexity index is 393. The van der Waals surface area contributed by atoms with Crippen LogP contribution in [-0.2, 0) is 4.74 Å². The summed E-state index contributed by atoms with van der Waals surface area (Å²) in [5.41, 5.74) is 5.45. The molecule has 1 heterocycles. The lowest BCUT2D eigenvalue weighted by Gasteiger charge is -2.12. The number of anilines is 1. The third kappa shape index (κ3) is 4.04. The highest BCUT2D eigenvalue weighted by Crippen LogP contribution is 2.13. The van der Waals surface area contributed by atoms with Crippen LogP contribution in [0.4, 0.5) is 5.82 Å². The average molecular weight is 242 g/mol. The Balaban J connectivity index is 2.52. The number of ether oxygens (including phenoxy) is 2. The van der Waals surface area contributed by atoms with Crippen LogP contribution in [0.3, 0.4) is 0 Å². The monoisotopic (exact) mass is 242 g/mol. The zero-order valence-corrected chi connectivity index (χ0v) is 10.0. The van der Waals surface area contributed by atoms with Crippen LogP contribution in [-0.4, -0.2) is 43.4 Å². The molecule has 0 spiro atoms. The summed E-state index contributed by atoms with van der Waals surface area (Å²) in [5.74, 6) is 0.591. The highest BCUT2D eigenvalue weighted by Gasteiger charge is 2.08. The molecule has 0 aliphatic rings. The van der Waals surface area contributed by atoms with E-state index in [0.29, 0.717) is 25.4 Å². The number of H-pyrrole nitrogens is 1. The molecule has 0 amide bonds. The van der Waals surface area contributed by atoms with Gasteiger partial charge in [-0.3, -0.25) is 4.79 Å². The van der Waals surface area contributed by atoms with Crippen LogP contribution in [0, 0.1) is 0 Å². The smallest absolute Gasteiger partial charge is 0.295 e. The number of hydrogen-bond donors (Lipinski definition) is 3. The molecule has 1 aromatic heterocycles. The first-order valence-corrected chi connectivity index (χ1v) is 5.29. The average Bonchev–Trinajstić information content (AvgIpc) is 2.29. The maximum Gasteiger partial charge on any atom is 0.295 e. The van der Waals surface area contributed by atoms with Gasteiger partial charge < -0.3 is 25.5 Å². The second-order valence-electron chi connectivity index (χ2n) is 3.54. The lowest BCUT2D eigenvalue weighted by molar-refractivity contribution is 0.178. The molecule has 1 atom stereocenters. The van der Waals surface area contributed by atoms with Crippen molar-refractivity contribution in [1.29, 1.82) is 0 Å². The number of nitrogens with two attached hydrogens (primary N) is 1. The molecule has 4 N–H and O–H groups in total. The van der Waals surface area contributed by atoms with E-state index in [1.807, 2.05) is 0 Å². The van der Waals surface area contributed by atoms with E-state index < -0.39 is 0 Å². The summed E-state index contributed by atoms with van der Waals surface area (Å²) >= 11 is 0. The van der Waals surface area contributed by atoms with Gasteiger partial charge in [0.05, 0.1) is 20.0 Å². The van der Waals surface area contributed by atoms with E-state index in [9.17, 15) is 4.79 Å². The summed E-state index contributed by atoms with van der Waals surface area (Å²) in [7, 11) is 3.03. The van der Waals surface area contributed by atoms with Crippen LogP contribution >= 0.6 is 0 Å². The third-order valence-corrected chi connectivity index (χ3v) is 2.20. The number of rotatable bonds is 7. The molecular weight excluding hydrogens is 224 g/mol. The summed E-state index contributed by atoms with van der Waals surface area (Å²) in [6, 6.07) is -0.0412. The molecule has 0 aromatic carbocycles. The maximum atomic E-state index is 11.4. The minimum Gasteiger partial charge on any atom is -0.489 e. The predicted octanol–water partition coefficient (Wildman–Crippen LogP) is -0.446. The lowest BCUT2D eigenvalue weighted by atomic mass is 10.2. The van der Waals surface area contributed by atoms with Gasteiger partial charge in [-0.1, -0.05) is 0 Å². The first kappa shape index (κ1) is 13.5. The molecule has 96 valence electrons. The van der Waals surface area contributed by atoms with Crippen molar-refractivity contribution in [3.8, 4) is 5.75 Å². The number of aromatic amines is 1. The molecule has 0 saturated carbocycles. The second kappa shape index (κ2) is 6.87. The van der Waals surface area contributed by atoms with Crippen LogP contribution in [0.1, 0.15) is 6.42 Å². The van der Waals surface area contributed by atoms with E-state index in [2.05, 4.69) is 15.3 Å². The van der Waals surface area contributed by atoms with Crippen molar-refractivity contribution >= 4 is 5.82 Å². The molecule has 0 aliphatic heterocycles. The van der Waals surface area contributed by atoms with Crippen molar-refractivity contribution in [3.63, 3.8) is 0 Å². The molecule has 0 saturated heterocycles. The fourth-order valence-electron chi connectivity index (χ4n) is 1.38. The van der Waals surface area contributed by atoms with Crippen molar-refractivity contribution in [1.82, 2.24) is 9.97 Å². The number of aromatic nitrogens is 2. The Morgan fingerprint density at radius 2 is 2.35 bits per heavy atom. The summed E-state index contributed by atoms with van der Waals surface area (Å²) in [6.07, 6.45) is 2.04. The molecule has 17 heavy (non-hydrogen) atoms. The van der Waals surface area contributed by atoms with E-state index >= 15 is 0 Å². The van der Waals surface area contributed by atoms with Gasteiger partial charge in [0.1, 0.15) is 0 Å². The van der Waals surface area contributed by atoms with E-state index in [1.165, 1.54) is 13.4 Å². The van der Waals surface area contributed by atoms with Crippen molar-refractivity contribution < 1.29 is 9.47 Å². The molecule has 1 rings (SSSR count). The highest BCUT2D eigenvalue weighted by atomic mass is 16.5. The first-order chi connectivity index (χ1) is 8.19. The minimum atomic E-state index is -0.314. The fourth-order valence-corrected chi connectivity index (χ4v) is 1.38. The Labute approximate surface area is 99.3 Å². The first-order valence-electron chi connectivity index (χ1n) is 5.29. The van der Waals surface area contributed by atoms with Crippen LogP contribution in [0.2, 0.25) is 0 Å². The van der Waals surface area contributed by atoms with Crippen molar-refractivity contribution in [3.05, 3.63) is 16.7 Å². The van der Waals surface area contributed by atoms with Gasteiger partial charge in [-0.25, -0.2) is 4.98 Å². The molecule has 1 unspecified atom stereocenters. The van der Waals surface area contributed by atoms with Crippen LogP contribution in [0.5, 0.6) is 5.75 Å². The van der Waals surface area contributed by atoms with Crippen LogP contribution in [0.15, 0.2) is 11.1 Å². The van der Waals surface area contributed by atoms with E-state index in [-0.39, 0.29) is 17.4 Å². The number of methoxy groups -OCH3 is 2. The number of nitrogens with zero attached hydrogens (tertiary/aromatic N) is 1. The Kier molecular flexibility index (Phi) is 5.44. The molecule has 0 aliphatic carbocycles. The lowest BCUT2D eigenvalue weighted by Crippen LogP contribution is -2.28.